The Morgan fingerprint density at radius 2 is 1.86 bits per heavy atom. The number of hydrogen-bond acceptors (Lipinski definition) is 7. The normalized spacial score (nSPS) is 24.0. The zero-order valence-corrected chi connectivity index (χ0v) is 24.0. The van der Waals surface area contributed by atoms with E-state index < -0.39 is 23.6 Å². The molecule has 2 unspecified atom stereocenters. The van der Waals surface area contributed by atoms with Crippen molar-refractivity contribution in [3.05, 3.63) is 64.6 Å². The number of carbonyl (C=O) groups is 3. The fraction of sp³-hybridized carbons (Fsp3) is 0.379. The highest BCUT2D eigenvalue weighted by molar-refractivity contribution is 6.34. The van der Waals surface area contributed by atoms with E-state index in [0.717, 1.165) is 0 Å². The number of ether oxygens (including phenoxy) is 1. The number of piperidine rings is 1. The first-order chi connectivity index (χ1) is 20.6. The minimum atomic E-state index is -1.15. The van der Waals surface area contributed by atoms with Gasteiger partial charge in [-0.05, 0) is 36.8 Å². The SMILES string of the molecule is COc1ccc(-c2cnc(C(=O)Nc3ccc(C(=O)NC4C5CN(C(=O)[C@@H]6C[C@@H](O)CN6)CC54)c(Cl)c3)n2C)c(F)c1F. The molecule has 0 bridgehead atoms. The van der Waals surface area contributed by atoms with Crippen LogP contribution in [-0.4, -0.2) is 82.2 Å². The molecule has 226 valence electrons. The van der Waals surface area contributed by atoms with E-state index in [1.807, 2.05) is 0 Å². The second kappa shape index (κ2) is 11.2. The Kier molecular flexibility index (Phi) is 7.57. The number of β-amino-alcohol motifs (C(OH)–C–C–N with tert-alkyl or cyclic N) is 1. The maximum absolute atomic E-state index is 14.6. The molecule has 2 aliphatic heterocycles. The molecule has 11 nitrogen and oxygen atoms in total. The van der Waals surface area contributed by atoms with Crippen LogP contribution < -0.4 is 20.7 Å². The minimum absolute atomic E-state index is 0.0157. The topological polar surface area (TPSA) is 138 Å². The summed E-state index contributed by atoms with van der Waals surface area (Å²) >= 11 is 6.40. The molecule has 6 rings (SSSR count). The third-order valence-electron chi connectivity index (χ3n) is 8.41. The van der Waals surface area contributed by atoms with Gasteiger partial charge in [0.1, 0.15) is 0 Å². The molecular weight excluding hydrogens is 586 g/mol. The van der Waals surface area contributed by atoms with Crippen molar-refractivity contribution in [2.24, 2.45) is 18.9 Å². The first-order valence-electron chi connectivity index (χ1n) is 13.7. The second-order valence-electron chi connectivity index (χ2n) is 11.0. The number of amides is 3. The molecule has 3 aliphatic rings. The van der Waals surface area contributed by atoms with Crippen molar-refractivity contribution in [2.45, 2.75) is 24.6 Å². The van der Waals surface area contributed by atoms with Crippen LogP contribution in [0.25, 0.3) is 11.3 Å². The lowest BCUT2D eigenvalue weighted by Crippen LogP contribution is -2.45. The number of halogens is 3. The Morgan fingerprint density at radius 3 is 2.51 bits per heavy atom. The van der Waals surface area contributed by atoms with E-state index in [0.29, 0.717) is 31.7 Å². The minimum Gasteiger partial charge on any atom is -0.494 e. The number of hydrogen-bond donors (Lipinski definition) is 4. The number of benzene rings is 2. The summed E-state index contributed by atoms with van der Waals surface area (Å²) in [5, 5.41) is 18.5. The van der Waals surface area contributed by atoms with Crippen molar-refractivity contribution in [1.82, 2.24) is 25.1 Å². The van der Waals surface area contributed by atoms with Crippen molar-refractivity contribution in [2.75, 3.05) is 32.1 Å². The number of aliphatic hydroxyl groups excluding tert-OH is 1. The van der Waals surface area contributed by atoms with Gasteiger partial charge in [0.25, 0.3) is 11.8 Å². The number of aliphatic hydroxyl groups is 1. The summed E-state index contributed by atoms with van der Waals surface area (Å²) < 4.78 is 35.0. The number of imidazole rings is 1. The van der Waals surface area contributed by atoms with Crippen LogP contribution in [0.5, 0.6) is 5.75 Å². The van der Waals surface area contributed by atoms with Gasteiger partial charge in [0, 0.05) is 55.8 Å². The van der Waals surface area contributed by atoms with E-state index in [9.17, 15) is 28.3 Å². The number of likely N-dealkylation sites (tertiary alicyclic amines) is 1. The lowest BCUT2D eigenvalue weighted by molar-refractivity contribution is -0.132. The van der Waals surface area contributed by atoms with E-state index in [2.05, 4.69) is 20.9 Å². The van der Waals surface area contributed by atoms with Crippen molar-refractivity contribution in [3.63, 3.8) is 0 Å². The van der Waals surface area contributed by atoms with Crippen LogP contribution in [0, 0.1) is 23.5 Å². The maximum Gasteiger partial charge on any atom is 0.291 e. The van der Waals surface area contributed by atoms with Crippen LogP contribution >= 0.6 is 11.6 Å². The molecule has 0 radical (unpaired) electrons. The molecule has 4 N–H and O–H groups in total. The number of methoxy groups -OCH3 is 1. The second-order valence-corrected chi connectivity index (χ2v) is 11.4. The number of nitrogens with one attached hydrogen (secondary N) is 3. The maximum atomic E-state index is 14.6. The van der Waals surface area contributed by atoms with Gasteiger partial charge in [-0.3, -0.25) is 14.4 Å². The molecule has 3 heterocycles. The van der Waals surface area contributed by atoms with Gasteiger partial charge in [0.2, 0.25) is 11.7 Å². The summed E-state index contributed by atoms with van der Waals surface area (Å²) in [5.74, 6) is -3.23. The molecule has 0 spiro atoms. The number of fused-ring (bicyclic) bond motifs is 1. The van der Waals surface area contributed by atoms with Crippen LogP contribution in [0.15, 0.2) is 36.5 Å². The third kappa shape index (κ3) is 5.32. The molecule has 3 fully saturated rings. The van der Waals surface area contributed by atoms with Gasteiger partial charge in [-0.1, -0.05) is 11.6 Å². The molecule has 2 saturated heterocycles. The quantitative estimate of drug-likeness (QED) is 0.320. The van der Waals surface area contributed by atoms with E-state index in [1.165, 1.54) is 55.3 Å². The fourth-order valence-electron chi connectivity index (χ4n) is 6.00. The lowest BCUT2D eigenvalue weighted by atomic mass is 10.1. The van der Waals surface area contributed by atoms with Crippen LogP contribution in [0.1, 0.15) is 27.4 Å². The number of anilines is 1. The Hall–Kier alpha value is -4.07. The summed E-state index contributed by atoms with van der Waals surface area (Å²) in [6, 6.07) is 6.66. The third-order valence-corrected chi connectivity index (χ3v) is 8.73. The molecular formula is C29H29ClF2N6O5. The Balaban J connectivity index is 1.06. The highest BCUT2D eigenvalue weighted by atomic mass is 35.5. The molecule has 1 aliphatic carbocycles. The summed E-state index contributed by atoms with van der Waals surface area (Å²) in [6.07, 6.45) is 1.17. The lowest BCUT2D eigenvalue weighted by Gasteiger charge is -2.23. The largest absolute Gasteiger partial charge is 0.494 e. The van der Waals surface area contributed by atoms with E-state index in [-0.39, 0.29) is 69.2 Å². The van der Waals surface area contributed by atoms with Crippen molar-refractivity contribution >= 4 is 35.0 Å². The van der Waals surface area contributed by atoms with Gasteiger partial charge in [-0.2, -0.15) is 4.39 Å². The molecule has 3 aromatic rings. The van der Waals surface area contributed by atoms with E-state index in [1.54, 1.807) is 4.90 Å². The number of rotatable bonds is 7. The number of carbonyl (C=O) groups excluding carboxylic acids is 3. The number of nitrogens with zero attached hydrogens (tertiary/aromatic N) is 3. The summed E-state index contributed by atoms with van der Waals surface area (Å²) in [5.41, 5.74) is 0.634. The first kappa shape index (κ1) is 29.0. The van der Waals surface area contributed by atoms with E-state index in [4.69, 9.17) is 16.3 Å². The molecule has 14 heteroatoms. The summed E-state index contributed by atoms with van der Waals surface area (Å²) in [6.45, 7) is 1.52. The standard InChI is InChI=1S/C29H29ClF2N6O5/c1-37-21(16-5-6-22(43-2)24(32)23(16)31)10-34-26(37)28(41)35-13-3-4-15(19(30)7-13)27(40)36-25-17-11-38(12-18(17)25)29(42)20-8-14(39)9-33-20/h3-7,10,14,17-18,20,25,33,39H,8-9,11-12H2,1-2H3,(H,35,41)(H,36,40)/t14-,17?,18?,20+,25?/m1/s1. The van der Waals surface area contributed by atoms with Gasteiger partial charge >= 0.3 is 0 Å². The Morgan fingerprint density at radius 1 is 1.12 bits per heavy atom. The van der Waals surface area contributed by atoms with Crippen LogP contribution in [0.4, 0.5) is 14.5 Å². The van der Waals surface area contributed by atoms with Crippen molar-refractivity contribution < 1.29 is 33.0 Å². The Bertz CT molecular complexity index is 1620. The van der Waals surface area contributed by atoms with E-state index >= 15 is 0 Å². The zero-order chi connectivity index (χ0) is 30.6. The smallest absolute Gasteiger partial charge is 0.291 e. The van der Waals surface area contributed by atoms with Gasteiger partial charge in [0.15, 0.2) is 17.4 Å². The number of aromatic nitrogens is 2. The highest BCUT2D eigenvalue weighted by Gasteiger charge is 2.58. The monoisotopic (exact) mass is 614 g/mol. The van der Waals surface area contributed by atoms with Crippen molar-refractivity contribution in [3.8, 4) is 17.0 Å². The molecule has 3 amide bonds. The Labute approximate surface area is 250 Å². The molecule has 2 aromatic carbocycles. The van der Waals surface area contributed by atoms with Crippen LogP contribution in [0.2, 0.25) is 5.02 Å². The van der Waals surface area contributed by atoms with Crippen LogP contribution in [-0.2, 0) is 11.8 Å². The van der Waals surface area contributed by atoms with Gasteiger partial charge < -0.3 is 35.3 Å². The van der Waals surface area contributed by atoms with Gasteiger partial charge in [-0.25, -0.2) is 9.37 Å². The predicted molar refractivity (Wildman–Crippen MR) is 152 cm³/mol. The van der Waals surface area contributed by atoms with Crippen molar-refractivity contribution in [1.29, 1.82) is 0 Å². The molecule has 4 atom stereocenters. The summed E-state index contributed by atoms with van der Waals surface area (Å²) in [7, 11) is 2.73. The fourth-order valence-corrected chi connectivity index (χ4v) is 6.26. The average molecular weight is 615 g/mol. The van der Waals surface area contributed by atoms with Gasteiger partial charge in [0.05, 0.1) is 41.7 Å². The summed E-state index contributed by atoms with van der Waals surface area (Å²) in [4.78, 5) is 44.4. The van der Waals surface area contributed by atoms with Crippen LogP contribution in [0.3, 0.4) is 0 Å². The molecule has 43 heavy (non-hydrogen) atoms. The molecule has 1 saturated carbocycles. The molecule has 1 aromatic heterocycles. The first-order valence-corrected chi connectivity index (χ1v) is 14.1. The average Bonchev–Trinajstić information content (AvgIpc) is 3.40. The van der Waals surface area contributed by atoms with Gasteiger partial charge in [-0.15, -0.1) is 0 Å². The zero-order valence-electron chi connectivity index (χ0n) is 23.2. The predicted octanol–water partition coefficient (Wildman–Crippen LogP) is 2.19. The highest BCUT2D eigenvalue weighted by Crippen LogP contribution is 2.46.